The van der Waals surface area contributed by atoms with Crippen LogP contribution in [0.2, 0.25) is 0 Å². The first-order valence-corrected chi connectivity index (χ1v) is 5.53. The van der Waals surface area contributed by atoms with Gasteiger partial charge < -0.3 is 4.74 Å². The SMILES string of the molecule is CCc1c(F)cncc1-c1ccc(OC)cc1. The van der Waals surface area contributed by atoms with E-state index in [4.69, 9.17) is 4.74 Å². The van der Waals surface area contributed by atoms with Gasteiger partial charge in [-0.25, -0.2) is 4.39 Å². The molecule has 1 aromatic heterocycles. The van der Waals surface area contributed by atoms with Gasteiger partial charge in [0.1, 0.15) is 11.6 Å². The average molecular weight is 231 g/mol. The van der Waals surface area contributed by atoms with Crippen molar-refractivity contribution in [1.82, 2.24) is 4.98 Å². The van der Waals surface area contributed by atoms with Gasteiger partial charge in [-0.2, -0.15) is 0 Å². The molecule has 88 valence electrons. The van der Waals surface area contributed by atoms with E-state index in [0.717, 1.165) is 16.9 Å². The molecule has 2 aromatic rings. The van der Waals surface area contributed by atoms with Crippen molar-refractivity contribution >= 4 is 0 Å². The Kier molecular flexibility index (Phi) is 3.38. The highest BCUT2D eigenvalue weighted by atomic mass is 19.1. The van der Waals surface area contributed by atoms with E-state index >= 15 is 0 Å². The van der Waals surface area contributed by atoms with Crippen molar-refractivity contribution in [2.75, 3.05) is 7.11 Å². The van der Waals surface area contributed by atoms with Gasteiger partial charge in [-0.1, -0.05) is 19.1 Å². The first kappa shape index (κ1) is 11.6. The molecule has 0 aliphatic carbocycles. The molecule has 0 unspecified atom stereocenters. The largest absolute Gasteiger partial charge is 0.497 e. The van der Waals surface area contributed by atoms with Crippen molar-refractivity contribution in [1.29, 1.82) is 0 Å². The van der Waals surface area contributed by atoms with Gasteiger partial charge in [-0.15, -0.1) is 0 Å². The van der Waals surface area contributed by atoms with E-state index in [1.54, 1.807) is 13.3 Å². The van der Waals surface area contributed by atoms with Crippen LogP contribution >= 0.6 is 0 Å². The lowest BCUT2D eigenvalue weighted by atomic mass is 10.00. The zero-order valence-electron chi connectivity index (χ0n) is 9.90. The molecule has 0 saturated carbocycles. The van der Waals surface area contributed by atoms with Gasteiger partial charge >= 0.3 is 0 Å². The second-order valence-electron chi connectivity index (χ2n) is 3.73. The number of nitrogens with zero attached hydrogens (tertiary/aromatic N) is 1. The van der Waals surface area contributed by atoms with Gasteiger partial charge in [0, 0.05) is 11.8 Å². The van der Waals surface area contributed by atoms with Gasteiger partial charge in [-0.05, 0) is 29.7 Å². The molecule has 0 radical (unpaired) electrons. The number of ether oxygens (including phenoxy) is 1. The summed E-state index contributed by atoms with van der Waals surface area (Å²) in [5, 5.41) is 0. The monoisotopic (exact) mass is 231 g/mol. The molecule has 0 aliphatic rings. The fourth-order valence-corrected chi connectivity index (χ4v) is 1.84. The van der Waals surface area contributed by atoms with Crippen molar-refractivity contribution in [3.63, 3.8) is 0 Å². The molecule has 3 heteroatoms. The average Bonchev–Trinajstić information content (AvgIpc) is 2.38. The molecule has 1 aromatic carbocycles. The van der Waals surface area contributed by atoms with Gasteiger partial charge in [-0.3, -0.25) is 4.98 Å². The maximum Gasteiger partial charge on any atom is 0.145 e. The third kappa shape index (κ3) is 2.28. The zero-order valence-corrected chi connectivity index (χ0v) is 9.90. The van der Waals surface area contributed by atoms with Gasteiger partial charge in [0.15, 0.2) is 0 Å². The Morgan fingerprint density at radius 1 is 1.18 bits per heavy atom. The predicted molar refractivity (Wildman–Crippen MR) is 65.6 cm³/mol. The van der Waals surface area contributed by atoms with E-state index in [1.807, 2.05) is 31.2 Å². The van der Waals surface area contributed by atoms with Crippen LogP contribution in [0.1, 0.15) is 12.5 Å². The topological polar surface area (TPSA) is 22.1 Å². The third-order valence-electron chi connectivity index (χ3n) is 2.76. The van der Waals surface area contributed by atoms with Crippen molar-refractivity contribution < 1.29 is 9.13 Å². The summed E-state index contributed by atoms with van der Waals surface area (Å²) < 4.78 is 18.7. The highest BCUT2D eigenvalue weighted by Gasteiger charge is 2.09. The summed E-state index contributed by atoms with van der Waals surface area (Å²) in [6, 6.07) is 7.54. The molecule has 0 amide bonds. The minimum absolute atomic E-state index is 0.249. The van der Waals surface area contributed by atoms with E-state index in [1.165, 1.54) is 6.20 Å². The molecule has 17 heavy (non-hydrogen) atoms. The van der Waals surface area contributed by atoms with Crippen LogP contribution in [0.25, 0.3) is 11.1 Å². The van der Waals surface area contributed by atoms with Crippen LogP contribution in [0.15, 0.2) is 36.7 Å². The molecule has 0 fully saturated rings. The summed E-state index contributed by atoms with van der Waals surface area (Å²) >= 11 is 0. The summed E-state index contributed by atoms with van der Waals surface area (Å²) in [6.07, 6.45) is 3.60. The number of pyridine rings is 1. The fourth-order valence-electron chi connectivity index (χ4n) is 1.84. The summed E-state index contributed by atoms with van der Waals surface area (Å²) in [5.74, 6) is 0.539. The van der Waals surface area contributed by atoms with Gasteiger partial charge in [0.05, 0.1) is 13.3 Å². The molecule has 1 heterocycles. The van der Waals surface area contributed by atoms with E-state index in [-0.39, 0.29) is 5.82 Å². The molecule has 0 N–H and O–H groups in total. The quantitative estimate of drug-likeness (QED) is 0.807. The lowest BCUT2D eigenvalue weighted by Gasteiger charge is -2.09. The number of benzene rings is 1. The van der Waals surface area contributed by atoms with E-state index in [0.29, 0.717) is 12.0 Å². The molecule has 0 aliphatic heterocycles. The van der Waals surface area contributed by atoms with Crippen LogP contribution in [0, 0.1) is 5.82 Å². The fraction of sp³-hybridized carbons (Fsp3) is 0.214. The van der Waals surface area contributed by atoms with Crippen molar-refractivity contribution in [2.45, 2.75) is 13.3 Å². The van der Waals surface area contributed by atoms with Crippen LogP contribution < -0.4 is 4.74 Å². The van der Waals surface area contributed by atoms with Crippen molar-refractivity contribution in [3.05, 3.63) is 48.0 Å². The Morgan fingerprint density at radius 2 is 1.88 bits per heavy atom. The number of hydrogen-bond donors (Lipinski definition) is 0. The van der Waals surface area contributed by atoms with E-state index < -0.39 is 0 Å². The maximum absolute atomic E-state index is 13.6. The van der Waals surface area contributed by atoms with Crippen LogP contribution in [-0.2, 0) is 6.42 Å². The Labute approximate surface area is 100 Å². The predicted octanol–water partition coefficient (Wildman–Crippen LogP) is 3.46. The van der Waals surface area contributed by atoms with Gasteiger partial charge in [0.25, 0.3) is 0 Å². The molecular weight excluding hydrogens is 217 g/mol. The Balaban J connectivity index is 2.48. The normalized spacial score (nSPS) is 10.3. The van der Waals surface area contributed by atoms with Crippen molar-refractivity contribution in [2.24, 2.45) is 0 Å². The van der Waals surface area contributed by atoms with Crippen LogP contribution in [0.3, 0.4) is 0 Å². The summed E-state index contributed by atoms with van der Waals surface area (Å²) in [5.41, 5.74) is 2.50. The minimum Gasteiger partial charge on any atom is -0.497 e. The van der Waals surface area contributed by atoms with Crippen molar-refractivity contribution in [3.8, 4) is 16.9 Å². The number of aromatic nitrogens is 1. The van der Waals surface area contributed by atoms with Crippen LogP contribution in [0.5, 0.6) is 5.75 Å². The number of methoxy groups -OCH3 is 1. The van der Waals surface area contributed by atoms with Crippen LogP contribution in [0.4, 0.5) is 4.39 Å². The second kappa shape index (κ2) is 4.95. The Bertz CT molecular complexity index is 508. The molecule has 0 atom stereocenters. The minimum atomic E-state index is -0.249. The smallest absolute Gasteiger partial charge is 0.145 e. The third-order valence-corrected chi connectivity index (χ3v) is 2.76. The first-order valence-electron chi connectivity index (χ1n) is 5.53. The first-order chi connectivity index (χ1) is 8.26. The summed E-state index contributed by atoms with van der Waals surface area (Å²) in [7, 11) is 1.62. The number of hydrogen-bond acceptors (Lipinski definition) is 2. The standard InChI is InChI=1S/C14H14FNO/c1-3-12-13(8-16-9-14(12)15)10-4-6-11(17-2)7-5-10/h4-9H,3H2,1-2H3. The highest BCUT2D eigenvalue weighted by Crippen LogP contribution is 2.26. The lowest BCUT2D eigenvalue weighted by molar-refractivity contribution is 0.415. The maximum atomic E-state index is 13.6. The second-order valence-corrected chi connectivity index (χ2v) is 3.73. The molecule has 0 saturated heterocycles. The summed E-state index contributed by atoms with van der Waals surface area (Å²) in [6.45, 7) is 1.94. The number of rotatable bonds is 3. The van der Waals surface area contributed by atoms with Crippen LogP contribution in [-0.4, -0.2) is 12.1 Å². The lowest BCUT2D eigenvalue weighted by Crippen LogP contribution is -1.94. The molecular formula is C14H14FNO. The highest BCUT2D eigenvalue weighted by molar-refractivity contribution is 5.67. The number of halogens is 1. The van der Waals surface area contributed by atoms with Gasteiger partial charge in [0.2, 0.25) is 0 Å². The molecule has 2 rings (SSSR count). The Hall–Kier alpha value is -1.90. The molecule has 0 spiro atoms. The molecule has 2 nitrogen and oxygen atoms in total. The molecule has 0 bridgehead atoms. The summed E-state index contributed by atoms with van der Waals surface area (Å²) in [4.78, 5) is 3.91. The van der Waals surface area contributed by atoms with E-state index in [2.05, 4.69) is 4.98 Å². The zero-order chi connectivity index (χ0) is 12.3. The Morgan fingerprint density at radius 3 is 2.47 bits per heavy atom. The van der Waals surface area contributed by atoms with E-state index in [9.17, 15) is 4.39 Å².